The fraction of sp³-hybridized carbons (Fsp3) is 0.600. The summed E-state index contributed by atoms with van der Waals surface area (Å²) in [6, 6.07) is 3.34. The maximum Gasteiger partial charge on any atom is 0.134 e. The van der Waals surface area contributed by atoms with E-state index in [0.717, 1.165) is 55.5 Å². The summed E-state index contributed by atoms with van der Waals surface area (Å²) in [4.78, 5) is 25.0. The summed E-state index contributed by atoms with van der Waals surface area (Å²) < 4.78 is 0. The molecule has 7 nitrogen and oxygen atoms in total. The molecule has 0 unspecified atom stereocenters. The minimum absolute atomic E-state index is 0.557. The third-order valence-corrected chi connectivity index (χ3v) is 5.61. The van der Waals surface area contributed by atoms with Crippen LogP contribution in [0.1, 0.15) is 37.1 Å². The lowest BCUT2D eigenvalue weighted by molar-refractivity contribution is 0.198. The molecule has 0 spiro atoms. The van der Waals surface area contributed by atoms with Gasteiger partial charge < -0.3 is 9.80 Å². The maximum atomic E-state index is 4.61. The fourth-order valence-corrected chi connectivity index (χ4v) is 3.91. The summed E-state index contributed by atoms with van der Waals surface area (Å²) in [6.07, 6.45) is 10.1. The predicted molar refractivity (Wildman–Crippen MR) is 107 cm³/mol. The van der Waals surface area contributed by atoms with E-state index in [2.05, 4.69) is 35.8 Å². The highest BCUT2D eigenvalue weighted by Gasteiger charge is 2.36. The van der Waals surface area contributed by atoms with Crippen LogP contribution < -0.4 is 9.80 Å². The van der Waals surface area contributed by atoms with E-state index in [1.807, 2.05) is 25.9 Å². The van der Waals surface area contributed by atoms with Crippen molar-refractivity contribution in [1.29, 1.82) is 0 Å². The number of hydrogen-bond acceptors (Lipinski definition) is 7. The summed E-state index contributed by atoms with van der Waals surface area (Å²) in [6.45, 7) is 5.13. The molecule has 0 atom stereocenters. The summed E-state index contributed by atoms with van der Waals surface area (Å²) >= 11 is 0. The van der Waals surface area contributed by atoms with Gasteiger partial charge >= 0.3 is 0 Å². The molecule has 1 aliphatic carbocycles. The van der Waals surface area contributed by atoms with Gasteiger partial charge in [-0.3, -0.25) is 14.9 Å². The van der Waals surface area contributed by atoms with Crippen molar-refractivity contribution in [3.63, 3.8) is 0 Å². The van der Waals surface area contributed by atoms with E-state index in [1.165, 1.54) is 12.8 Å². The summed E-state index contributed by atoms with van der Waals surface area (Å²) in [5.74, 6) is 2.06. The van der Waals surface area contributed by atoms with E-state index < -0.39 is 0 Å². The second kappa shape index (κ2) is 7.76. The molecule has 2 aromatic heterocycles. The van der Waals surface area contributed by atoms with E-state index in [9.17, 15) is 0 Å². The minimum Gasteiger partial charge on any atom is -0.363 e. The number of rotatable bonds is 6. The van der Waals surface area contributed by atoms with Gasteiger partial charge in [0.1, 0.15) is 18.0 Å². The van der Waals surface area contributed by atoms with Gasteiger partial charge in [-0.05, 0) is 32.6 Å². The Morgan fingerprint density at radius 1 is 0.926 bits per heavy atom. The summed E-state index contributed by atoms with van der Waals surface area (Å²) in [7, 11) is 4.06. The smallest absolute Gasteiger partial charge is 0.134 e. The average Bonchev–Trinajstić information content (AvgIpc) is 3.50. The highest BCUT2D eigenvalue weighted by Crippen LogP contribution is 2.36. The lowest BCUT2D eigenvalue weighted by Gasteiger charge is -2.39. The Labute approximate surface area is 161 Å². The van der Waals surface area contributed by atoms with Crippen LogP contribution in [0, 0.1) is 6.92 Å². The quantitative estimate of drug-likeness (QED) is 0.776. The first-order valence-corrected chi connectivity index (χ1v) is 9.88. The molecular weight excluding hydrogens is 338 g/mol. The molecule has 27 heavy (non-hydrogen) atoms. The first-order valence-electron chi connectivity index (χ1n) is 9.88. The van der Waals surface area contributed by atoms with Gasteiger partial charge in [-0.25, -0.2) is 9.97 Å². The number of anilines is 2. The highest BCUT2D eigenvalue weighted by atomic mass is 15.3. The van der Waals surface area contributed by atoms with Crippen LogP contribution in [0.25, 0.3) is 0 Å². The van der Waals surface area contributed by atoms with Crippen molar-refractivity contribution in [3.05, 3.63) is 36.2 Å². The Bertz CT molecular complexity index is 766. The van der Waals surface area contributed by atoms with Crippen molar-refractivity contribution in [1.82, 2.24) is 24.8 Å². The molecule has 144 valence electrons. The lowest BCUT2D eigenvalue weighted by atomic mass is 10.0. The second-order valence-corrected chi connectivity index (χ2v) is 7.86. The zero-order valence-corrected chi connectivity index (χ0v) is 16.5. The Balaban J connectivity index is 1.42. The molecule has 0 N–H and O–H groups in total. The molecule has 1 aliphatic heterocycles. The summed E-state index contributed by atoms with van der Waals surface area (Å²) in [5, 5.41) is 0. The van der Waals surface area contributed by atoms with Crippen LogP contribution in [0.3, 0.4) is 0 Å². The Morgan fingerprint density at radius 3 is 2.26 bits per heavy atom. The second-order valence-electron chi connectivity index (χ2n) is 7.86. The van der Waals surface area contributed by atoms with E-state index in [0.29, 0.717) is 12.1 Å². The molecular formula is C20H29N7. The van der Waals surface area contributed by atoms with Gasteiger partial charge in [0.15, 0.2) is 0 Å². The predicted octanol–water partition coefficient (Wildman–Crippen LogP) is 2.27. The largest absolute Gasteiger partial charge is 0.363 e. The number of nitrogens with zero attached hydrogens (tertiary/aromatic N) is 7. The molecule has 1 saturated carbocycles. The van der Waals surface area contributed by atoms with Gasteiger partial charge in [-0.2, -0.15) is 0 Å². The first-order chi connectivity index (χ1) is 13.1. The molecule has 3 heterocycles. The van der Waals surface area contributed by atoms with Gasteiger partial charge in [-0.15, -0.1) is 0 Å². The molecule has 0 radical (unpaired) electrons. The van der Waals surface area contributed by atoms with Crippen LogP contribution in [-0.2, 0) is 6.54 Å². The van der Waals surface area contributed by atoms with E-state index in [-0.39, 0.29) is 0 Å². The molecule has 0 amide bonds. The Kier molecular flexibility index (Phi) is 5.20. The van der Waals surface area contributed by atoms with E-state index in [4.69, 9.17) is 0 Å². The average molecular weight is 368 g/mol. The first kappa shape index (κ1) is 18.1. The maximum absolute atomic E-state index is 4.61. The van der Waals surface area contributed by atoms with Gasteiger partial charge in [0.2, 0.25) is 0 Å². The minimum atomic E-state index is 0.557. The third kappa shape index (κ3) is 4.18. The van der Waals surface area contributed by atoms with Crippen molar-refractivity contribution >= 4 is 11.6 Å². The molecule has 0 aromatic carbocycles. The van der Waals surface area contributed by atoms with E-state index >= 15 is 0 Å². The number of piperidine rings is 1. The molecule has 2 fully saturated rings. The number of aromatic nitrogens is 4. The monoisotopic (exact) mass is 367 g/mol. The SMILES string of the molecule is Cc1nccnc1CN1CCC(N(c2cc(N(C)C)ncn2)C2CC2)CC1. The highest BCUT2D eigenvalue weighted by molar-refractivity contribution is 5.51. The van der Waals surface area contributed by atoms with Crippen LogP contribution in [-0.4, -0.2) is 64.1 Å². The Hall–Kier alpha value is -2.28. The number of likely N-dealkylation sites (tertiary alicyclic amines) is 1. The molecule has 2 aliphatic rings. The van der Waals surface area contributed by atoms with Crippen LogP contribution in [0.2, 0.25) is 0 Å². The van der Waals surface area contributed by atoms with Crippen LogP contribution in [0.5, 0.6) is 0 Å². The van der Waals surface area contributed by atoms with Crippen LogP contribution in [0.15, 0.2) is 24.8 Å². The molecule has 1 saturated heterocycles. The fourth-order valence-electron chi connectivity index (χ4n) is 3.91. The molecule has 2 aromatic rings. The van der Waals surface area contributed by atoms with Crippen molar-refractivity contribution in [2.24, 2.45) is 0 Å². The van der Waals surface area contributed by atoms with Crippen molar-refractivity contribution in [3.8, 4) is 0 Å². The van der Waals surface area contributed by atoms with E-state index in [1.54, 1.807) is 18.7 Å². The van der Waals surface area contributed by atoms with Crippen molar-refractivity contribution < 1.29 is 0 Å². The van der Waals surface area contributed by atoms with Gasteiger partial charge in [-0.1, -0.05) is 0 Å². The van der Waals surface area contributed by atoms with Gasteiger partial charge in [0.05, 0.1) is 11.4 Å². The van der Waals surface area contributed by atoms with Gasteiger partial charge in [0.25, 0.3) is 0 Å². The summed E-state index contributed by atoms with van der Waals surface area (Å²) in [5.41, 5.74) is 2.14. The standard InChI is InChI=1S/C20H29N7/c1-15-18(22-9-8-21-15)13-26-10-6-17(7-11-26)27(16-4-5-16)20-12-19(25(2)3)23-14-24-20/h8-9,12,14,16-17H,4-7,10-11,13H2,1-3H3. The lowest BCUT2D eigenvalue weighted by Crippen LogP contribution is -2.46. The Morgan fingerprint density at radius 2 is 1.59 bits per heavy atom. The van der Waals surface area contributed by atoms with Gasteiger partial charge in [0, 0.05) is 64.3 Å². The van der Waals surface area contributed by atoms with Crippen LogP contribution >= 0.6 is 0 Å². The van der Waals surface area contributed by atoms with Crippen molar-refractivity contribution in [2.45, 2.75) is 51.2 Å². The zero-order chi connectivity index (χ0) is 18.8. The number of aryl methyl sites for hydroxylation is 1. The van der Waals surface area contributed by atoms with Crippen LogP contribution in [0.4, 0.5) is 11.6 Å². The number of hydrogen-bond donors (Lipinski definition) is 0. The third-order valence-electron chi connectivity index (χ3n) is 5.61. The van der Waals surface area contributed by atoms with Crippen molar-refractivity contribution in [2.75, 3.05) is 37.0 Å². The molecule has 7 heteroatoms. The molecule has 0 bridgehead atoms. The zero-order valence-electron chi connectivity index (χ0n) is 16.5. The molecule has 4 rings (SSSR count). The topological polar surface area (TPSA) is 61.3 Å². The normalized spacial score (nSPS) is 18.5.